The molecule has 1 atom stereocenters. The highest BCUT2D eigenvalue weighted by molar-refractivity contribution is 5.18. The Morgan fingerprint density at radius 2 is 1.87 bits per heavy atom. The maximum Gasteiger partial charge on any atom is 0.163 e. The lowest BCUT2D eigenvalue weighted by atomic mass is 10.1. The number of rotatable bonds is 4. The van der Waals surface area contributed by atoms with Crippen molar-refractivity contribution in [2.45, 2.75) is 33.4 Å². The van der Waals surface area contributed by atoms with Crippen molar-refractivity contribution in [1.82, 2.24) is 5.32 Å². The molecule has 0 amide bonds. The van der Waals surface area contributed by atoms with Gasteiger partial charge in [-0.15, -0.1) is 0 Å². The highest BCUT2D eigenvalue weighted by atomic mass is 19.2. The smallest absolute Gasteiger partial charge is 0.163 e. The van der Waals surface area contributed by atoms with Crippen molar-refractivity contribution in [3.63, 3.8) is 0 Å². The summed E-state index contributed by atoms with van der Waals surface area (Å²) in [6, 6.07) is 4.53. The molecule has 1 aromatic rings. The van der Waals surface area contributed by atoms with E-state index in [0.717, 1.165) is 6.07 Å². The van der Waals surface area contributed by atoms with Crippen LogP contribution in [0.2, 0.25) is 0 Å². The van der Waals surface area contributed by atoms with E-state index in [1.54, 1.807) is 6.07 Å². The summed E-state index contributed by atoms with van der Waals surface area (Å²) in [5.74, 6) is -1.06. The van der Waals surface area contributed by atoms with Gasteiger partial charge in [0.25, 0.3) is 0 Å². The molecule has 1 rings (SSSR count). The summed E-state index contributed by atoms with van der Waals surface area (Å²) in [6.07, 6.45) is 0. The third kappa shape index (κ3) is 3.27. The molecule has 0 fully saturated rings. The molecule has 84 valence electrons. The summed E-state index contributed by atoms with van der Waals surface area (Å²) < 4.78 is 26.1. The first-order chi connectivity index (χ1) is 7.02. The van der Waals surface area contributed by atoms with E-state index in [4.69, 9.17) is 0 Å². The molecule has 0 saturated heterocycles. The highest BCUT2D eigenvalue weighted by Crippen LogP contribution is 2.11. The summed E-state index contributed by atoms with van der Waals surface area (Å²) in [5.41, 5.74) is 0.377. The van der Waals surface area contributed by atoms with Crippen molar-refractivity contribution < 1.29 is 8.78 Å². The minimum atomic E-state index is -0.786. The van der Waals surface area contributed by atoms with Crippen LogP contribution < -0.4 is 5.32 Å². The predicted molar refractivity (Wildman–Crippen MR) is 57.5 cm³/mol. The molecule has 0 aliphatic carbocycles. The van der Waals surface area contributed by atoms with E-state index >= 15 is 0 Å². The zero-order chi connectivity index (χ0) is 11.4. The van der Waals surface area contributed by atoms with Gasteiger partial charge in [-0.25, -0.2) is 8.78 Å². The Morgan fingerprint density at radius 3 is 2.47 bits per heavy atom. The van der Waals surface area contributed by atoms with Crippen LogP contribution in [-0.4, -0.2) is 6.04 Å². The number of benzene rings is 1. The average Bonchev–Trinajstić information content (AvgIpc) is 2.19. The number of hydrogen-bond acceptors (Lipinski definition) is 1. The molecule has 0 spiro atoms. The monoisotopic (exact) mass is 213 g/mol. The molecule has 3 heteroatoms. The lowest BCUT2D eigenvalue weighted by Crippen LogP contribution is -2.30. The Balaban J connectivity index is 2.62. The van der Waals surface area contributed by atoms with E-state index in [0.29, 0.717) is 18.0 Å². The molecular weight excluding hydrogens is 196 g/mol. The van der Waals surface area contributed by atoms with Crippen LogP contribution in [0.3, 0.4) is 0 Å². The summed E-state index contributed by atoms with van der Waals surface area (Å²) in [5, 5.41) is 3.16. The van der Waals surface area contributed by atoms with Gasteiger partial charge in [-0.1, -0.05) is 26.0 Å². The lowest BCUT2D eigenvalue weighted by molar-refractivity contribution is 0.417. The van der Waals surface area contributed by atoms with E-state index in [1.807, 2.05) is 6.92 Å². The van der Waals surface area contributed by atoms with Crippen molar-refractivity contribution in [3.8, 4) is 0 Å². The average molecular weight is 213 g/mol. The lowest BCUT2D eigenvalue weighted by Gasteiger charge is -2.17. The summed E-state index contributed by atoms with van der Waals surface area (Å²) >= 11 is 0. The minimum absolute atomic E-state index is 0.285. The second-order valence-corrected chi connectivity index (χ2v) is 4.13. The van der Waals surface area contributed by atoms with Gasteiger partial charge >= 0.3 is 0 Å². The van der Waals surface area contributed by atoms with Gasteiger partial charge in [0.15, 0.2) is 11.6 Å². The first-order valence-electron chi connectivity index (χ1n) is 5.18. The molecule has 0 aromatic heterocycles. The van der Waals surface area contributed by atoms with Crippen LogP contribution >= 0.6 is 0 Å². The molecule has 0 radical (unpaired) electrons. The number of hydrogen-bond donors (Lipinski definition) is 1. The van der Waals surface area contributed by atoms with E-state index < -0.39 is 11.6 Å². The molecule has 0 saturated carbocycles. The molecular formula is C12H17F2N. The van der Waals surface area contributed by atoms with Gasteiger partial charge in [0.2, 0.25) is 0 Å². The molecule has 1 N–H and O–H groups in total. The SMILES string of the molecule is CC(C)C(C)NCc1cccc(F)c1F. The zero-order valence-electron chi connectivity index (χ0n) is 9.35. The van der Waals surface area contributed by atoms with Crippen LogP contribution in [-0.2, 0) is 6.54 Å². The van der Waals surface area contributed by atoms with Crippen LogP contribution in [0.4, 0.5) is 8.78 Å². The van der Waals surface area contributed by atoms with Gasteiger partial charge in [-0.3, -0.25) is 0 Å². The Hall–Kier alpha value is -0.960. The van der Waals surface area contributed by atoms with Crippen LogP contribution in [0.25, 0.3) is 0 Å². The molecule has 1 nitrogen and oxygen atoms in total. The van der Waals surface area contributed by atoms with Crippen LogP contribution in [0.15, 0.2) is 18.2 Å². The molecule has 0 bridgehead atoms. The van der Waals surface area contributed by atoms with Gasteiger partial charge in [0, 0.05) is 18.2 Å². The van der Waals surface area contributed by atoms with Gasteiger partial charge in [0.05, 0.1) is 0 Å². The van der Waals surface area contributed by atoms with E-state index in [2.05, 4.69) is 19.2 Å². The van der Waals surface area contributed by atoms with Crippen molar-refractivity contribution in [2.75, 3.05) is 0 Å². The predicted octanol–water partition coefficient (Wildman–Crippen LogP) is 3.10. The van der Waals surface area contributed by atoms with Crippen molar-refractivity contribution in [3.05, 3.63) is 35.4 Å². The third-order valence-electron chi connectivity index (χ3n) is 2.65. The molecule has 0 aliphatic heterocycles. The zero-order valence-corrected chi connectivity index (χ0v) is 9.35. The Bertz CT molecular complexity index is 323. The van der Waals surface area contributed by atoms with Gasteiger partial charge in [0.1, 0.15) is 0 Å². The minimum Gasteiger partial charge on any atom is -0.310 e. The van der Waals surface area contributed by atoms with Crippen molar-refractivity contribution in [1.29, 1.82) is 0 Å². The van der Waals surface area contributed by atoms with Gasteiger partial charge in [-0.05, 0) is 18.9 Å². The second-order valence-electron chi connectivity index (χ2n) is 4.13. The fraction of sp³-hybridized carbons (Fsp3) is 0.500. The summed E-state index contributed by atoms with van der Waals surface area (Å²) in [4.78, 5) is 0. The van der Waals surface area contributed by atoms with E-state index in [-0.39, 0.29) is 6.04 Å². The van der Waals surface area contributed by atoms with E-state index in [1.165, 1.54) is 6.07 Å². The molecule has 1 unspecified atom stereocenters. The summed E-state index contributed by atoms with van der Waals surface area (Å²) in [7, 11) is 0. The maximum atomic E-state index is 13.2. The third-order valence-corrected chi connectivity index (χ3v) is 2.65. The van der Waals surface area contributed by atoms with Crippen molar-refractivity contribution in [2.24, 2.45) is 5.92 Å². The van der Waals surface area contributed by atoms with Crippen LogP contribution in [0, 0.1) is 17.6 Å². The largest absolute Gasteiger partial charge is 0.310 e. The molecule has 15 heavy (non-hydrogen) atoms. The molecule has 0 aliphatic rings. The Labute approximate surface area is 89.5 Å². The second kappa shape index (κ2) is 5.21. The molecule has 1 aromatic carbocycles. The highest BCUT2D eigenvalue weighted by Gasteiger charge is 2.10. The number of nitrogens with one attached hydrogen (secondary N) is 1. The van der Waals surface area contributed by atoms with Crippen LogP contribution in [0.5, 0.6) is 0 Å². The topological polar surface area (TPSA) is 12.0 Å². The standard InChI is InChI=1S/C12H17F2N/c1-8(2)9(3)15-7-10-5-4-6-11(13)12(10)14/h4-6,8-9,15H,7H2,1-3H3. The Kier molecular flexibility index (Phi) is 4.21. The fourth-order valence-corrected chi connectivity index (χ4v) is 1.19. The maximum absolute atomic E-state index is 13.2. The van der Waals surface area contributed by atoms with Crippen molar-refractivity contribution >= 4 is 0 Å². The first kappa shape index (κ1) is 12.1. The van der Waals surface area contributed by atoms with Gasteiger partial charge < -0.3 is 5.32 Å². The molecule has 0 heterocycles. The van der Waals surface area contributed by atoms with Gasteiger partial charge in [-0.2, -0.15) is 0 Å². The quantitative estimate of drug-likeness (QED) is 0.810. The fourth-order valence-electron chi connectivity index (χ4n) is 1.19. The number of halogens is 2. The first-order valence-corrected chi connectivity index (χ1v) is 5.18. The summed E-state index contributed by atoms with van der Waals surface area (Å²) in [6.45, 7) is 6.56. The van der Waals surface area contributed by atoms with E-state index in [9.17, 15) is 8.78 Å². The van der Waals surface area contributed by atoms with Crippen LogP contribution in [0.1, 0.15) is 26.3 Å². The Morgan fingerprint density at radius 1 is 1.20 bits per heavy atom. The normalized spacial score (nSPS) is 13.2.